The van der Waals surface area contributed by atoms with E-state index in [1.54, 1.807) is 25.7 Å². The van der Waals surface area contributed by atoms with Gasteiger partial charge in [0.2, 0.25) is 0 Å². The monoisotopic (exact) mass is 360 g/mol. The van der Waals surface area contributed by atoms with Crippen LogP contribution < -0.4 is 0 Å². The fourth-order valence-corrected chi connectivity index (χ4v) is 6.87. The maximum atomic E-state index is 2.44. The number of hydrogen-bond acceptors (Lipinski definition) is 0. The van der Waals surface area contributed by atoms with Gasteiger partial charge in [-0.15, -0.1) is 0 Å². The predicted molar refractivity (Wildman–Crippen MR) is 115 cm³/mol. The molecule has 0 aromatic heterocycles. The van der Waals surface area contributed by atoms with Crippen molar-refractivity contribution >= 4 is 0 Å². The molecule has 0 aromatic rings. The molecule has 4 fully saturated rings. The van der Waals surface area contributed by atoms with Gasteiger partial charge in [0.05, 0.1) is 0 Å². The zero-order valence-corrected chi connectivity index (χ0v) is 18.5. The number of hydrogen-bond donors (Lipinski definition) is 0. The molecule has 152 valence electrons. The molecule has 4 unspecified atom stereocenters. The van der Waals surface area contributed by atoms with Gasteiger partial charge in [-0.3, -0.25) is 0 Å². The second-order valence-electron chi connectivity index (χ2n) is 11.4. The van der Waals surface area contributed by atoms with Crippen LogP contribution in [0.2, 0.25) is 0 Å². The maximum absolute atomic E-state index is 2.44. The van der Waals surface area contributed by atoms with Gasteiger partial charge >= 0.3 is 0 Å². The van der Waals surface area contributed by atoms with Crippen molar-refractivity contribution in [2.75, 3.05) is 0 Å². The third-order valence-electron chi connectivity index (χ3n) is 8.93. The molecule has 4 atom stereocenters. The molecule has 0 heterocycles. The van der Waals surface area contributed by atoms with Crippen molar-refractivity contribution in [3.63, 3.8) is 0 Å². The lowest BCUT2D eigenvalue weighted by Gasteiger charge is -2.40. The summed E-state index contributed by atoms with van der Waals surface area (Å²) in [7, 11) is 0. The average molecular weight is 361 g/mol. The van der Waals surface area contributed by atoms with E-state index in [1.165, 1.54) is 64.2 Å². The summed E-state index contributed by atoms with van der Waals surface area (Å²) in [5.41, 5.74) is 0. The molecule has 0 bridgehead atoms. The largest absolute Gasteiger partial charge is 0.0625 e. The lowest BCUT2D eigenvalue weighted by atomic mass is 9.65. The fourth-order valence-electron chi connectivity index (χ4n) is 6.87. The molecule has 0 aliphatic heterocycles. The van der Waals surface area contributed by atoms with Gasteiger partial charge in [0.25, 0.3) is 0 Å². The van der Waals surface area contributed by atoms with E-state index < -0.39 is 0 Å². The molecule has 0 heteroatoms. The number of fused-ring (bicyclic) bond motifs is 1. The second kappa shape index (κ2) is 9.97. The van der Waals surface area contributed by atoms with Crippen LogP contribution in [0.25, 0.3) is 0 Å². The molecular weight excluding hydrogens is 312 g/mol. The summed E-state index contributed by atoms with van der Waals surface area (Å²) in [6, 6.07) is 0. The van der Waals surface area contributed by atoms with Crippen molar-refractivity contribution < 1.29 is 0 Å². The molecule has 0 aromatic carbocycles. The Hall–Kier alpha value is 0. The van der Waals surface area contributed by atoms with Gasteiger partial charge < -0.3 is 0 Å². The maximum Gasteiger partial charge on any atom is -0.0383 e. The highest BCUT2D eigenvalue weighted by molar-refractivity contribution is 4.84. The van der Waals surface area contributed by atoms with Crippen LogP contribution >= 0.6 is 0 Å². The summed E-state index contributed by atoms with van der Waals surface area (Å²) >= 11 is 0. The Morgan fingerprint density at radius 3 is 0.923 bits per heavy atom. The molecule has 4 aliphatic rings. The van der Waals surface area contributed by atoms with Gasteiger partial charge in [0.1, 0.15) is 0 Å². The smallest absolute Gasteiger partial charge is 0.0383 e. The predicted octanol–water partition coefficient (Wildman–Crippen LogP) is 8.50. The lowest BCUT2D eigenvalue weighted by molar-refractivity contribution is 0.109. The van der Waals surface area contributed by atoms with E-state index in [-0.39, 0.29) is 0 Å². The van der Waals surface area contributed by atoms with Crippen molar-refractivity contribution in [2.45, 2.75) is 118 Å². The van der Waals surface area contributed by atoms with E-state index in [0.717, 1.165) is 47.3 Å². The second-order valence-corrected chi connectivity index (χ2v) is 11.4. The first-order valence-corrected chi connectivity index (χ1v) is 12.5. The van der Waals surface area contributed by atoms with Crippen LogP contribution in [0.15, 0.2) is 0 Å². The van der Waals surface area contributed by atoms with Gasteiger partial charge in [-0.25, -0.2) is 0 Å². The van der Waals surface area contributed by atoms with Crippen LogP contribution in [0.1, 0.15) is 118 Å². The molecule has 0 amide bonds. The van der Waals surface area contributed by atoms with Gasteiger partial charge in [0.15, 0.2) is 0 Å². The van der Waals surface area contributed by atoms with Gasteiger partial charge in [-0.05, 0) is 98.7 Å². The van der Waals surface area contributed by atoms with E-state index >= 15 is 0 Å². The summed E-state index contributed by atoms with van der Waals surface area (Å²) in [4.78, 5) is 0. The molecule has 4 rings (SSSR count). The molecule has 0 spiro atoms. The third kappa shape index (κ3) is 6.00. The summed E-state index contributed by atoms with van der Waals surface area (Å²) in [6.07, 6.45) is 21.4. The molecule has 4 aliphatic carbocycles. The van der Waals surface area contributed by atoms with Crippen molar-refractivity contribution in [1.29, 1.82) is 0 Å². The summed E-state index contributed by atoms with van der Waals surface area (Å²) in [6.45, 7) is 9.74. The Bertz CT molecular complexity index is 345. The summed E-state index contributed by atoms with van der Waals surface area (Å²) in [5.74, 6) is 8.55. The molecular formula is C26H48. The van der Waals surface area contributed by atoms with Crippen molar-refractivity contribution in [2.24, 2.45) is 47.3 Å². The minimum absolute atomic E-state index is 1.02. The van der Waals surface area contributed by atoms with Gasteiger partial charge in [-0.2, -0.15) is 0 Å². The summed E-state index contributed by atoms with van der Waals surface area (Å²) in [5, 5.41) is 0. The Labute approximate surface area is 165 Å². The SMILES string of the molecule is CC1CCC(C2CCC(C)CC2)CC1.CC1CCC2CC(C)CCC2C1. The third-order valence-corrected chi connectivity index (χ3v) is 8.93. The molecule has 0 radical (unpaired) electrons. The first-order valence-electron chi connectivity index (χ1n) is 12.5. The standard InChI is InChI=1S/C14H26.C12H22/c1-11-3-7-13(8-4-11)14-9-5-12(2)6-10-14;1-9-3-5-12-8-10(2)4-6-11(12)7-9/h11-14H,3-10H2,1-2H3;9-12H,3-8H2,1-2H3. The van der Waals surface area contributed by atoms with Crippen LogP contribution in [0.3, 0.4) is 0 Å². The Kier molecular flexibility index (Phi) is 7.95. The Balaban J connectivity index is 0.000000152. The van der Waals surface area contributed by atoms with E-state index in [0.29, 0.717) is 0 Å². The first kappa shape index (κ1) is 20.7. The molecule has 0 nitrogen and oxygen atoms in total. The zero-order chi connectivity index (χ0) is 18.5. The van der Waals surface area contributed by atoms with Crippen LogP contribution in [0.4, 0.5) is 0 Å². The quantitative estimate of drug-likeness (QED) is 0.439. The first-order chi connectivity index (χ1) is 12.5. The summed E-state index contributed by atoms with van der Waals surface area (Å²) < 4.78 is 0. The fraction of sp³-hybridized carbons (Fsp3) is 1.00. The van der Waals surface area contributed by atoms with Crippen molar-refractivity contribution in [3.8, 4) is 0 Å². The van der Waals surface area contributed by atoms with Crippen LogP contribution in [0.5, 0.6) is 0 Å². The number of rotatable bonds is 1. The molecule has 4 saturated carbocycles. The van der Waals surface area contributed by atoms with Gasteiger partial charge in [0, 0.05) is 0 Å². The molecule has 26 heavy (non-hydrogen) atoms. The van der Waals surface area contributed by atoms with Gasteiger partial charge in [-0.1, -0.05) is 66.2 Å². The average Bonchev–Trinajstić information content (AvgIpc) is 2.64. The highest BCUT2D eigenvalue weighted by atomic mass is 14.4. The normalized spacial score (nSPS) is 46.6. The topological polar surface area (TPSA) is 0 Å². The Morgan fingerprint density at radius 1 is 0.308 bits per heavy atom. The van der Waals surface area contributed by atoms with E-state index in [9.17, 15) is 0 Å². The lowest BCUT2D eigenvalue weighted by Crippen LogP contribution is -2.29. The molecule has 0 saturated heterocycles. The van der Waals surface area contributed by atoms with E-state index in [1.807, 2.05) is 0 Å². The van der Waals surface area contributed by atoms with E-state index in [2.05, 4.69) is 27.7 Å². The Morgan fingerprint density at radius 2 is 0.577 bits per heavy atom. The highest BCUT2D eigenvalue weighted by Crippen LogP contribution is 2.44. The van der Waals surface area contributed by atoms with Crippen molar-refractivity contribution in [3.05, 3.63) is 0 Å². The minimum atomic E-state index is 1.02. The van der Waals surface area contributed by atoms with Crippen LogP contribution in [-0.2, 0) is 0 Å². The molecule has 0 N–H and O–H groups in total. The zero-order valence-electron chi connectivity index (χ0n) is 18.5. The van der Waals surface area contributed by atoms with Crippen LogP contribution in [0, 0.1) is 47.3 Å². The van der Waals surface area contributed by atoms with Crippen LogP contribution in [-0.4, -0.2) is 0 Å². The van der Waals surface area contributed by atoms with Crippen molar-refractivity contribution in [1.82, 2.24) is 0 Å². The highest BCUT2D eigenvalue weighted by Gasteiger charge is 2.32. The van der Waals surface area contributed by atoms with E-state index in [4.69, 9.17) is 0 Å². The minimum Gasteiger partial charge on any atom is -0.0625 e.